The molecule has 0 aliphatic heterocycles. The molecule has 4 amide bonds. The minimum absolute atomic E-state index is 0.0230. The zero-order valence-electron chi connectivity index (χ0n) is 18.1. The summed E-state index contributed by atoms with van der Waals surface area (Å²) in [6, 6.07) is 5.71. The van der Waals surface area contributed by atoms with Crippen molar-refractivity contribution in [1.82, 2.24) is 14.2 Å². The first-order valence-electron chi connectivity index (χ1n) is 9.08. The van der Waals surface area contributed by atoms with E-state index < -0.39 is 26.4 Å². The van der Waals surface area contributed by atoms with Crippen LogP contribution in [0.3, 0.4) is 0 Å². The molecule has 2 rings (SSSR count). The first kappa shape index (κ1) is 24.6. The minimum Gasteiger partial charge on any atom is -0.496 e. The molecule has 3 N–H and O–H groups in total. The van der Waals surface area contributed by atoms with Gasteiger partial charge in [-0.2, -0.15) is 4.98 Å². The Kier molecular flexibility index (Phi) is 7.38. The van der Waals surface area contributed by atoms with Gasteiger partial charge in [-0.15, -0.1) is 0 Å². The lowest BCUT2D eigenvalue weighted by Gasteiger charge is -2.24. The van der Waals surface area contributed by atoms with Gasteiger partial charge in [-0.3, -0.25) is 10.1 Å². The summed E-state index contributed by atoms with van der Waals surface area (Å²) in [7, 11) is 1.23. The summed E-state index contributed by atoms with van der Waals surface area (Å²) in [4.78, 5) is 39.0. The van der Waals surface area contributed by atoms with Gasteiger partial charge in [0.05, 0.1) is 28.3 Å². The third-order valence-electron chi connectivity index (χ3n) is 4.14. The van der Waals surface area contributed by atoms with Crippen LogP contribution in [0.25, 0.3) is 0 Å². The summed E-state index contributed by atoms with van der Waals surface area (Å²) in [6.07, 6.45) is 0.527. The molecule has 0 unspecified atom stereocenters. The molecule has 12 nitrogen and oxygen atoms in total. The van der Waals surface area contributed by atoms with Crippen LogP contribution in [0.4, 0.5) is 22.0 Å². The number of methoxy groups -OCH3 is 2. The zero-order valence-corrected chi connectivity index (χ0v) is 18.9. The number of quaternary nitrogens is 1. The number of pyridine rings is 1. The van der Waals surface area contributed by atoms with Gasteiger partial charge in [-0.25, -0.2) is 27.2 Å². The number of amides is 4. The minimum atomic E-state index is -4.47. The maximum atomic E-state index is 13.0. The molecule has 0 aliphatic rings. The number of rotatable bonds is 8. The van der Waals surface area contributed by atoms with Crippen molar-refractivity contribution in [1.29, 1.82) is 0 Å². The van der Waals surface area contributed by atoms with Gasteiger partial charge in [0.15, 0.2) is 10.6 Å². The van der Waals surface area contributed by atoms with Crippen molar-refractivity contribution in [2.45, 2.75) is 11.8 Å². The maximum absolute atomic E-state index is 13.0. The lowest BCUT2D eigenvalue weighted by Crippen LogP contribution is -2.41. The Labute approximate surface area is 185 Å². The second-order valence-electron chi connectivity index (χ2n) is 7.00. The molecule has 1 aromatic carbocycles. The van der Waals surface area contributed by atoms with Crippen LogP contribution < -0.4 is 29.3 Å². The van der Waals surface area contributed by atoms with E-state index in [1.54, 1.807) is 0 Å². The fraction of sp³-hybridized carbons (Fsp3) is 0.263. The summed E-state index contributed by atoms with van der Waals surface area (Å²) in [6.45, 7) is 1.26. The average molecular weight is 466 g/mol. The van der Waals surface area contributed by atoms with Crippen LogP contribution in [0.2, 0.25) is 0 Å². The van der Waals surface area contributed by atoms with Crippen LogP contribution >= 0.6 is 0 Å². The molecule has 0 fully saturated rings. The van der Waals surface area contributed by atoms with Crippen LogP contribution in [-0.2, 0) is 19.6 Å². The number of nitrogens with one attached hydrogen (secondary N) is 3. The van der Waals surface area contributed by atoms with E-state index in [4.69, 9.17) is 9.47 Å². The van der Waals surface area contributed by atoms with Gasteiger partial charge >= 0.3 is 12.4 Å². The van der Waals surface area contributed by atoms with Crippen LogP contribution in [0, 0.1) is 0 Å². The summed E-state index contributed by atoms with van der Waals surface area (Å²) < 4.78 is 37.6. The summed E-state index contributed by atoms with van der Waals surface area (Å²) in [5.74, 6) is 0.0160. The molecule has 13 heteroatoms. The predicted molar refractivity (Wildman–Crippen MR) is 117 cm³/mol. The number of urea groups is 1. The number of nitrogens with zero attached hydrogens (tertiary/aromatic N) is 2. The number of anilines is 2. The van der Waals surface area contributed by atoms with E-state index in [9.17, 15) is 22.8 Å². The second kappa shape index (κ2) is 9.62. The number of ether oxygens (including phenoxy) is 2. The Morgan fingerprint density at radius 2 is 1.75 bits per heavy atom. The van der Waals surface area contributed by atoms with Crippen molar-refractivity contribution in [3.8, 4) is 11.6 Å². The highest BCUT2D eigenvalue weighted by molar-refractivity contribution is 7.90. The average Bonchev–Trinajstić information content (AvgIpc) is 2.72. The molecule has 1 heterocycles. The van der Waals surface area contributed by atoms with E-state index in [1.165, 1.54) is 59.5 Å². The lowest BCUT2D eigenvalue weighted by atomic mass is 10.2. The number of aromatic nitrogens is 1. The van der Waals surface area contributed by atoms with Crippen LogP contribution in [0.1, 0.15) is 6.92 Å². The molecule has 32 heavy (non-hydrogen) atoms. The Morgan fingerprint density at radius 1 is 1.06 bits per heavy atom. The molecular weight excluding hydrogens is 442 g/mol. The zero-order chi connectivity index (χ0) is 24.1. The SMILES string of the molecule is COc1cc(NC(=O)NS(=O)(=O)c2cc(NC(C)=O)ccc2[N+](C)(C)C=O)nc(OC)c1. The molecule has 0 saturated carbocycles. The molecule has 2 aromatic rings. The van der Waals surface area contributed by atoms with Gasteiger partial charge in [0.1, 0.15) is 11.6 Å². The third kappa shape index (κ3) is 5.92. The number of hydrogen-bond donors (Lipinski definition) is 3. The lowest BCUT2D eigenvalue weighted by molar-refractivity contribution is -0.115. The number of carbonyl (C=O) groups excluding carboxylic acids is 3. The smallest absolute Gasteiger partial charge is 0.334 e. The van der Waals surface area contributed by atoms with Crippen molar-refractivity contribution < 1.29 is 32.3 Å². The Bertz CT molecular complexity index is 1130. The Balaban J connectivity index is 2.41. The number of hydrogen-bond acceptors (Lipinski definition) is 8. The van der Waals surface area contributed by atoms with Crippen molar-refractivity contribution >= 4 is 45.6 Å². The van der Waals surface area contributed by atoms with Gasteiger partial charge in [0.25, 0.3) is 10.0 Å². The quantitative estimate of drug-likeness (QED) is 0.389. The van der Waals surface area contributed by atoms with Crippen LogP contribution in [0.15, 0.2) is 35.2 Å². The van der Waals surface area contributed by atoms with Crippen molar-refractivity contribution in [3.05, 3.63) is 30.3 Å². The first-order valence-corrected chi connectivity index (χ1v) is 10.6. The highest BCUT2D eigenvalue weighted by atomic mass is 32.2. The second-order valence-corrected chi connectivity index (χ2v) is 8.65. The Hall–Kier alpha value is -3.71. The van der Waals surface area contributed by atoms with Gasteiger partial charge in [-0.1, -0.05) is 0 Å². The largest absolute Gasteiger partial charge is 0.496 e. The standard InChI is InChI=1S/C19H23N5O7S/c1-12(26)20-13-6-7-15(24(2,3)11-25)16(8-13)32(28,29)23-19(27)22-17-9-14(30-4)10-18(21-17)31-5/h6-11H,1-5H3,(H2-,20,21,22,23,26,27)/p+1. The molecular formula is C19H24N5O7S+. The van der Waals surface area contributed by atoms with E-state index in [-0.39, 0.29) is 28.0 Å². The number of benzene rings is 1. The monoisotopic (exact) mass is 466 g/mol. The number of sulfonamides is 1. The summed E-state index contributed by atoms with van der Waals surface area (Å²) >= 11 is 0. The maximum Gasteiger partial charge on any atom is 0.334 e. The van der Waals surface area contributed by atoms with E-state index in [0.717, 1.165) is 6.07 Å². The van der Waals surface area contributed by atoms with E-state index in [0.29, 0.717) is 12.2 Å². The molecule has 0 saturated heterocycles. The van der Waals surface area contributed by atoms with Gasteiger partial charge in [0, 0.05) is 30.8 Å². The molecule has 0 radical (unpaired) electrons. The van der Waals surface area contributed by atoms with Crippen LogP contribution in [0.5, 0.6) is 11.6 Å². The van der Waals surface area contributed by atoms with Crippen molar-refractivity contribution in [3.63, 3.8) is 0 Å². The van der Waals surface area contributed by atoms with E-state index in [2.05, 4.69) is 15.6 Å². The van der Waals surface area contributed by atoms with E-state index in [1.807, 2.05) is 4.72 Å². The number of carbonyl (C=O) groups is 3. The predicted octanol–water partition coefficient (Wildman–Crippen LogP) is 1.29. The highest BCUT2D eigenvalue weighted by Gasteiger charge is 2.31. The molecule has 0 aliphatic carbocycles. The highest BCUT2D eigenvalue weighted by Crippen LogP contribution is 2.30. The van der Waals surface area contributed by atoms with Crippen LogP contribution in [-0.4, -0.2) is 60.1 Å². The Morgan fingerprint density at radius 3 is 2.31 bits per heavy atom. The third-order valence-corrected chi connectivity index (χ3v) is 5.50. The first-order chi connectivity index (χ1) is 14.9. The van der Waals surface area contributed by atoms with Crippen molar-refractivity contribution in [2.75, 3.05) is 38.9 Å². The topological polar surface area (TPSA) is 153 Å². The van der Waals surface area contributed by atoms with Crippen molar-refractivity contribution in [2.24, 2.45) is 0 Å². The molecule has 0 bridgehead atoms. The van der Waals surface area contributed by atoms with Gasteiger partial charge in [-0.05, 0) is 12.1 Å². The molecule has 0 atom stereocenters. The van der Waals surface area contributed by atoms with Gasteiger partial charge in [0.2, 0.25) is 11.8 Å². The summed E-state index contributed by atoms with van der Waals surface area (Å²) in [5, 5.41) is 4.76. The fourth-order valence-electron chi connectivity index (χ4n) is 2.63. The molecule has 1 aromatic heterocycles. The molecule has 0 spiro atoms. The fourth-order valence-corrected chi connectivity index (χ4v) is 3.90. The van der Waals surface area contributed by atoms with Gasteiger partial charge < -0.3 is 14.8 Å². The summed E-state index contributed by atoms with van der Waals surface area (Å²) in [5.41, 5.74) is 0.253. The normalized spacial score (nSPS) is 11.3. The molecule has 172 valence electrons. The van der Waals surface area contributed by atoms with E-state index >= 15 is 0 Å².